The first kappa shape index (κ1) is 12.7. The molecule has 0 bridgehead atoms. The van der Waals surface area contributed by atoms with E-state index in [1.165, 1.54) is 32.0 Å². The molecule has 0 aromatic carbocycles. The van der Waals surface area contributed by atoms with E-state index in [-0.39, 0.29) is 0 Å². The van der Waals surface area contributed by atoms with E-state index < -0.39 is 0 Å². The number of hydrogen-bond donors (Lipinski definition) is 0. The van der Waals surface area contributed by atoms with E-state index in [1.807, 2.05) is 0 Å². The van der Waals surface area contributed by atoms with Crippen molar-refractivity contribution in [3.05, 3.63) is 12.2 Å². The van der Waals surface area contributed by atoms with Crippen molar-refractivity contribution < 1.29 is 4.74 Å². The SMILES string of the molecule is COc1ncnc2c1nc(CCl)n2CC1CCCC1. The van der Waals surface area contributed by atoms with E-state index in [0.29, 0.717) is 23.2 Å². The standard InChI is InChI=1S/C13H17ClN4O/c1-19-13-11-12(15-8-16-13)18(10(6-14)17-11)7-9-4-2-3-5-9/h8-9H,2-7H2,1H3. The molecule has 19 heavy (non-hydrogen) atoms. The molecule has 0 N–H and O–H groups in total. The number of ether oxygens (including phenoxy) is 1. The smallest absolute Gasteiger partial charge is 0.245 e. The zero-order valence-corrected chi connectivity index (χ0v) is 11.7. The number of aromatic nitrogens is 4. The fourth-order valence-electron chi connectivity index (χ4n) is 2.86. The first-order valence-electron chi connectivity index (χ1n) is 6.63. The average molecular weight is 281 g/mol. The third-order valence-electron chi connectivity index (χ3n) is 3.81. The van der Waals surface area contributed by atoms with E-state index in [9.17, 15) is 0 Å². The van der Waals surface area contributed by atoms with Crippen LogP contribution in [0.5, 0.6) is 5.88 Å². The van der Waals surface area contributed by atoms with E-state index >= 15 is 0 Å². The lowest BCUT2D eigenvalue weighted by Crippen LogP contribution is -2.10. The Morgan fingerprint density at radius 1 is 1.37 bits per heavy atom. The van der Waals surface area contributed by atoms with Crippen LogP contribution in [0.1, 0.15) is 31.5 Å². The van der Waals surface area contributed by atoms with Crippen LogP contribution in [0.25, 0.3) is 11.2 Å². The lowest BCUT2D eigenvalue weighted by Gasteiger charge is -2.12. The minimum atomic E-state index is 0.381. The lowest BCUT2D eigenvalue weighted by atomic mass is 10.1. The van der Waals surface area contributed by atoms with Gasteiger partial charge in [-0.2, -0.15) is 4.98 Å². The zero-order chi connectivity index (χ0) is 13.2. The highest BCUT2D eigenvalue weighted by molar-refractivity contribution is 6.16. The Balaban J connectivity index is 2.05. The summed E-state index contributed by atoms with van der Waals surface area (Å²) in [6.07, 6.45) is 6.73. The second-order valence-electron chi connectivity index (χ2n) is 4.98. The molecule has 1 aliphatic rings. The van der Waals surface area contributed by atoms with Crippen molar-refractivity contribution in [1.82, 2.24) is 19.5 Å². The van der Waals surface area contributed by atoms with Crippen LogP contribution in [0.3, 0.4) is 0 Å². The van der Waals surface area contributed by atoms with Crippen LogP contribution >= 0.6 is 11.6 Å². The number of alkyl halides is 1. The molecule has 0 aliphatic heterocycles. The van der Waals surface area contributed by atoms with Gasteiger partial charge in [0.15, 0.2) is 11.2 Å². The molecule has 0 radical (unpaired) electrons. The van der Waals surface area contributed by atoms with Gasteiger partial charge in [-0.15, -0.1) is 11.6 Å². The summed E-state index contributed by atoms with van der Waals surface area (Å²) < 4.78 is 7.37. The molecule has 102 valence electrons. The third-order valence-corrected chi connectivity index (χ3v) is 4.04. The summed E-state index contributed by atoms with van der Waals surface area (Å²) in [5.74, 6) is 2.45. The van der Waals surface area contributed by atoms with Gasteiger partial charge in [0.25, 0.3) is 0 Å². The summed E-state index contributed by atoms with van der Waals surface area (Å²) >= 11 is 6.01. The molecule has 0 amide bonds. The van der Waals surface area contributed by atoms with Gasteiger partial charge in [0.1, 0.15) is 12.2 Å². The number of nitrogens with zero attached hydrogens (tertiary/aromatic N) is 4. The highest BCUT2D eigenvalue weighted by Gasteiger charge is 2.21. The summed E-state index contributed by atoms with van der Waals surface area (Å²) in [5, 5.41) is 0. The zero-order valence-electron chi connectivity index (χ0n) is 11.0. The normalized spacial score (nSPS) is 16.3. The summed E-state index contributed by atoms with van der Waals surface area (Å²) in [6, 6.07) is 0. The topological polar surface area (TPSA) is 52.8 Å². The lowest BCUT2D eigenvalue weighted by molar-refractivity contribution is 0.401. The number of fused-ring (bicyclic) bond motifs is 1. The predicted molar refractivity (Wildman–Crippen MR) is 73.4 cm³/mol. The Morgan fingerprint density at radius 2 is 2.16 bits per heavy atom. The Morgan fingerprint density at radius 3 is 2.84 bits per heavy atom. The maximum Gasteiger partial charge on any atom is 0.245 e. The molecule has 2 aromatic rings. The van der Waals surface area contributed by atoms with E-state index in [1.54, 1.807) is 7.11 Å². The molecule has 1 saturated carbocycles. The average Bonchev–Trinajstić information content (AvgIpc) is 3.07. The highest BCUT2D eigenvalue weighted by atomic mass is 35.5. The molecular weight excluding hydrogens is 264 g/mol. The summed E-state index contributed by atoms with van der Waals surface area (Å²) in [4.78, 5) is 13.0. The van der Waals surface area contributed by atoms with Gasteiger partial charge >= 0.3 is 0 Å². The molecule has 2 aromatic heterocycles. The Labute approximate surface area is 117 Å². The molecule has 0 atom stereocenters. The summed E-state index contributed by atoms with van der Waals surface area (Å²) in [7, 11) is 1.60. The summed E-state index contributed by atoms with van der Waals surface area (Å²) in [5.41, 5.74) is 1.54. The van der Waals surface area contributed by atoms with Crippen molar-refractivity contribution in [1.29, 1.82) is 0 Å². The monoisotopic (exact) mass is 280 g/mol. The summed E-state index contributed by atoms with van der Waals surface area (Å²) in [6.45, 7) is 0.943. The first-order valence-corrected chi connectivity index (χ1v) is 7.17. The van der Waals surface area contributed by atoms with Gasteiger partial charge in [0.2, 0.25) is 5.88 Å². The van der Waals surface area contributed by atoms with Crippen LogP contribution in [0, 0.1) is 5.92 Å². The van der Waals surface area contributed by atoms with Crippen molar-refractivity contribution >= 4 is 22.8 Å². The second-order valence-corrected chi connectivity index (χ2v) is 5.25. The molecule has 1 aliphatic carbocycles. The van der Waals surface area contributed by atoms with Crippen LogP contribution in [0.4, 0.5) is 0 Å². The van der Waals surface area contributed by atoms with E-state index in [0.717, 1.165) is 18.0 Å². The number of hydrogen-bond acceptors (Lipinski definition) is 4. The van der Waals surface area contributed by atoms with Crippen molar-refractivity contribution in [3.8, 4) is 5.88 Å². The predicted octanol–water partition coefficient (Wildman–Crippen LogP) is 2.76. The van der Waals surface area contributed by atoms with Gasteiger partial charge in [-0.25, -0.2) is 9.97 Å². The number of rotatable bonds is 4. The molecular formula is C13H17ClN4O. The molecule has 1 fully saturated rings. The van der Waals surface area contributed by atoms with Crippen LogP contribution in [-0.2, 0) is 12.4 Å². The molecule has 0 spiro atoms. The molecule has 6 heteroatoms. The van der Waals surface area contributed by atoms with Gasteiger partial charge in [-0.05, 0) is 18.8 Å². The van der Waals surface area contributed by atoms with Crippen molar-refractivity contribution in [2.45, 2.75) is 38.1 Å². The first-order chi connectivity index (χ1) is 9.33. The molecule has 3 rings (SSSR count). The Bertz CT molecular complexity index is 577. The van der Waals surface area contributed by atoms with Gasteiger partial charge in [-0.3, -0.25) is 0 Å². The minimum Gasteiger partial charge on any atom is -0.479 e. The third kappa shape index (κ3) is 2.27. The highest BCUT2D eigenvalue weighted by Crippen LogP contribution is 2.29. The van der Waals surface area contributed by atoms with E-state index in [2.05, 4.69) is 19.5 Å². The quantitative estimate of drug-likeness (QED) is 0.808. The van der Waals surface area contributed by atoms with Gasteiger partial charge in [0, 0.05) is 6.54 Å². The van der Waals surface area contributed by atoms with Crippen molar-refractivity contribution in [3.63, 3.8) is 0 Å². The fourth-order valence-corrected chi connectivity index (χ4v) is 3.06. The maximum absolute atomic E-state index is 6.01. The number of methoxy groups -OCH3 is 1. The maximum atomic E-state index is 6.01. The second kappa shape index (κ2) is 5.33. The Hall–Kier alpha value is -1.36. The fraction of sp³-hybridized carbons (Fsp3) is 0.615. The number of halogens is 1. The van der Waals surface area contributed by atoms with Gasteiger partial charge < -0.3 is 9.30 Å². The van der Waals surface area contributed by atoms with Gasteiger partial charge in [-0.1, -0.05) is 12.8 Å². The molecule has 0 saturated heterocycles. The number of imidazole rings is 1. The molecule has 0 unspecified atom stereocenters. The Kier molecular flexibility index (Phi) is 3.55. The van der Waals surface area contributed by atoms with Crippen LogP contribution < -0.4 is 4.74 Å². The van der Waals surface area contributed by atoms with Crippen molar-refractivity contribution in [2.24, 2.45) is 5.92 Å². The van der Waals surface area contributed by atoms with Crippen LogP contribution in [-0.4, -0.2) is 26.6 Å². The molecule has 5 nitrogen and oxygen atoms in total. The van der Waals surface area contributed by atoms with E-state index in [4.69, 9.17) is 16.3 Å². The largest absolute Gasteiger partial charge is 0.479 e. The van der Waals surface area contributed by atoms with Crippen molar-refractivity contribution in [2.75, 3.05) is 7.11 Å². The molecule has 2 heterocycles. The van der Waals surface area contributed by atoms with Gasteiger partial charge in [0.05, 0.1) is 13.0 Å². The minimum absolute atomic E-state index is 0.381. The van der Waals surface area contributed by atoms with Crippen LogP contribution in [0.2, 0.25) is 0 Å². The van der Waals surface area contributed by atoms with Crippen LogP contribution in [0.15, 0.2) is 6.33 Å².